The molecule has 0 spiro atoms. The molecule has 0 aromatic carbocycles. The molecule has 6 heteroatoms. The number of carbonyl (C=O) groups excluding carboxylic acids is 3. The second-order valence-electron chi connectivity index (χ2n) is 4.88. The van der Waals surface area contributed by atoms with Crippen LogP contribution in [0.5, 0.6) is 0 Å². The summed E-state index contributed by atoms with van der Waals surface area (Å²) in [5, 5.41) is 5.17. The number of hydrogen-bond donors (Lipinski definition) is 2. The molecule has 3 amide bonds. The zero-order chi connectivity index (χ0) is 14.7. The molecule has 0 saturated carbocycles. The van der Waals surface area contributed by atoms with Crippen molar-refractivity contribution >= 4 is 17.7 Å². The molecule has 0 aromatic heterocycles. The average Bonchev–Trinajstić information content (AvgIpc) is 2.42. The van der Waals surface area contributed by atoms with Gasteiger partial charge in [0.25, 0.3) is 5.91 Å². The maximum Gasteiger partial charge on any atom is 0.256 e. The van der Waals surface area contributed by atoms with Gasteiger partial charge in [0.15, 0.2) is 0 Å². The minimum Gasteiger partial charge on any atom is -0.393 e. The van der Waals surface area contributed by atoms with E-state index in [1.807, 2.05) is 13.0 Å². The standard InChI is InChI=1S/C14H19N3O3/c1-3-9-6-7-17(14(20)10(9)8-15-2)11-4-5-12(18)16-13(11)19/h3,8,11,15H,4-7H2,1-2H3,(H,16,18,19)/b9-3-,10-8+. The van der Waals surface area contributed by atoms with Crippen molar-refractivity contribution in [3.8, 4) is 0 Å². The molecule has 2 fully saturated rings. The largest absolute Gasteiger partial charge is 0.393 e. The van der Waals surface area contributed by atoms with Crippen molar-refractivity contribution < 1.29 is 14.4 Å². The van der Waals surface area contributed by atoms with Gasteiger partial charge in [-0.1, -0.05) is 6.08 Å². The highest BCUT2D eigenvalue weighted by molar-refractivity contribution is 6.05. The number of piperidine rings is 2. The Bertz CT molecular complexity index is 508. The third-order valence-electron chi connectivity index (χ3n) is 3.68. The molecule has 2 saturated heterocycles. The fourth-order valence-corrected chi connectivity index (χ4v) is 2.64. The van der Waals surface area contributed by atoms with E-state index in [4.69, 9.17) is 0 Å². The lowest BCUT2D eigenvalue weighted by Gasteiger charge is -2.37. The van der Waals surface area contributed by atoms with Gasteiger partial charge in [-0.3, -0.25) is 19.7 Å². The maximum atomic E-state index is 12.5. The van der Waals surface area contributed by atoms with E-state index in [-0.39, 0.29) is 24.1 Å². The number of imide groups is 1. The molecular weight excluding hydrogens is 258 g/mol. The van der Waals surface area contributed by atoms with Crippen LogP contribution in [-0.4, -0.2) is 42.3 Å². The molecule has 6 nitrogen and oxygen atoms in total. The third kappa shape index (κ3) is 2.59. The van der Waals surface area contributed by atoms with Crippen LogP contribution in [0.2, 0.25) is 0 Å². The Hall–Kier alpha value is -2.11. The molecule has 2 aliphatic rings. The second kappa shape index (κ2) is 5.90. The summed E-state index contributed by atoms with van der Waals surface area (Å²) in [6, 6.07) is -0.543. The van der Waals surface area contributed by atoms with Gasteiger partial charge in [-0.2, -0.15) is 0 Å². The smallest absolute Gasteiger partial charge is 0.256 e. The summed E-state index contributed by atoms with van der Waals surface area (Å²) in [6.45, 7) is 2.40. The van der Waals surface area contributed by atoms with Crippen LogP contribution in [0.15, 0.2) is 23.4 Å². The monoisotopic (exact) mass is 277 g/mol. The zero-order valence-corrected chi connectivity index (χ0v) is 11.7. The molecule has 20 heavy (non-hydrogen) atoms. The van der Waals surface area contributed by atoms with Gasteiger partial charge in [0.2, 0.25) is 11.8 Å². The zero-order valence-electron chi connectivity index (χ0n) is 11.7. The van der Waals surface area contributed by atoms with E-state index in [9.17, 15) is 14.4 Å². The number of nitrogens with one attached hydrogen (secondary N) is 2. The average molecular weight is 277 g/mol. The number of amides is 3. The van der Waals surface area contributed by atoms with Crippen molar-refractivity contribution in [3.05, 3.63) is 23.4 Å². The summed E-state index contributed by atoms with van der Waals surface area (Å²) < 4.78 is 0. The van der Waals surface area contributed by atoms with Gasteiger partial charge >= 0.3 is 0 Å². The van der Waals surface area contributed by atoms with Gasteiger partial charge in [0.1, 0.15) is 6.04 Å². The van der Waals surface area contributed by atoms with Crippen molar-refractivity contribution in [1.82, 2.24) is 15.5 Å². The topological polar surface area (TPSA) is 78.5 Å². The first kappa shape index (κ1) is 14.3. The first-order valence-corrected chi connectivity index (χ1v) is 6.76. The summed E-state index contributed by atoms with van der Waals surface area (Å²) in [4.78, 5) is 37.2. The molecule has 0 bridgehead atoms. The van der Waals surface area contributed by atoms with Crippen LogP contribution in [0.4, 0.5) is 0 Å². The molecule has 0 aromatic rings. The van der Waals surface area contributed by atoms with Gasteiger partial charge in [-0.25, -0.2) is 0 Å². The van der Waals surface area contributed by atoms with E-state index >= 15 is 0 Å². The summed E-state index contributed by atoms with van der Waals surface area (Å²) in [6.07, 6.45) is 4.97. The lowest BCUT2D eigenvalue weighted by atomic mass is 9.94. The Morgan fingerprint density at radius 2 is 2.05 bits per heavy atom. The van der Waals surface area contributed by atoms with E-state index in [0.29, 0.717) is 25.0 Å². The van der Waals surface area contributed by atoms with Gasteiger partial charge in [0.05, 0.1) is 5.57 Å². The Labute approximate surface area is 117 Å². The highest BCUT2D eigenvalue weighted by Crippen LogP contribution is 2.26. The van der Waals surface area contributed by atoms with Gasteiger partial charge in [-0.15, -0.1) is 0 Å². The van der Waals surface area contributed by atoms with Crippen molar-refractivity contribution in [1.29, 1.82) is 0 Å². The van der Waals surface area contributed by atoms with Crippen LogP contribution in [0.3, 0.4) is 0 Å². The van der Waals surface area contributed by atoms with Crippen molar-refractivity contribution in [3.63, 3.8) is 0 Å². The first-order chi connectivity index (χ1) is 9.58. The molecule has 2 aliphatic heterocycles. The molecule has 1 unspecified atom stereocenters. The highest BCUT2D eigenvalue weighted by atomic mass is 16.2. The normalized spacial score (nSPS) is 28.0. The fourth-order valence-electron chi connectivity index (χ4n) is 2.64. The van der Waals surface area contributed by atoms with Crippen molar-refractivity contribution in [2.45, 2.75) is 32.2 Å². The summed E-state index contributed by atoms with van der Waals surface area (Å²) in [5.74, 6) is -0.800. The quantitative estimate of drug-likeness (QED) is 0.553. The summed E-state index contributed by atoms with van der Waals surface area (Å²) in [7, 11) is 1.73. The number of hydrogen-bond acceptors (Lipinski definition) is 4. The van der Waals surface area contributed by atoms with Gasteiger partial charge in [0, 0.05) is 26.2 Å². The maximum absolute atomic E-state index is 12.5. The first-order valence-electron chi connectivity index (χ1n) is 6.76. The minimum atomic E-state index is -0.543. The number of likely N-dealkylation sites (tertiary alicyclic amines) is 1. The van der Waals surface area contributed by atoms with E-state index in [0.717, 1.165) is 5.57 Å². The van der Waals surface area contributed by atoms with Gasteiger partial charge < -0.3 is 10.2 Å². The number of rotatable bonds is 2. The summed E-state index contributed by atoms with van der Waals surface area (Å²) in [5.41, 5.74) is 1.57. The third-order valence-corrected chi connectivity index (χ3v) is 3.68. The molecule has 108 valence electrons. The van der Waals surface area contributed by atoms with Crippen LogP contribution in [0.1, 0.15) is 26.2 Å². The fraction of sp³-hybridized carbons (Fsp3) is 0.500. The number of allylic oxidation sites excluding steroid dienone is 1. The van der Waals surface area contributed by atoms with Crippen molar-refractivity contribution in [2.24, 2.45) is 0 Å². The molecule has 2 N–H and O–H groups in total. The Morgan fingerprint density at radius 3 is 2.65 bits per heavy atom. The van der Waals surface area contributed by atoms with E-state index in [1.54, 1.807) is 18.1 Å². The van der Waals surface area contributed by atoms with E-state index in [2.05, 4.69) is 10.6 Å². The van der Waals surface area contributed by atoms with Crippen LogP contribution >= 0.6 is 0 Å². The van der Waals surface area contributed by atoms with E-state index in [1.165, 1.54) is 0 Å². The second-order valence-corrected chi connectivity index (χ2v) is 4.88. The van der Waals surface area contributed by atoms with E-state index < -0.39 is 6.04 Å². The van der Waals surface area contributed by atoms with Crippen molar-refractivity contribution in [2.75, 3.05) is 13.6 Å². The molecule has 2 rings (SSSR count). The molecule has 0 aliphatic carbocycles. The SMILES string of the molecule is C/C=C1/CCN(C2CCC(=O)NC2=O)C(=O)/C1=C/NC. The van der Waals surface area contributed by atoms with Crippen LogP contribution in [-0.2, 0) is 14.4 Å². The minimum absolute atomic E-state index is 0.159. The Kier molecular flexibility index (Phi) is 4.22. The summed E-state index contributed by atoms with van der Waals surface area (Å²) >= 11 is 0. The van der Waals surface area contributed by atoms with Crippen LogP contribution in [0.25, 0.3) is 0 Å². The lowest BCUT2D eigenvalue weighted by molar-refractivity contribution is -0.144. The lowest BCUT2D eigenvalue weighted by Crippen LogP contribution is -2.56. The van der Waals surface area contributed by atoms with Crippen LogP contribution in [0, 0.1) is 0 Å². The predicted molar refractivity (Wildman–Crippen MR) is 73.4 cm³/mol. The van der Waals surface area contributed by atoms with Gasteiger partial charge in [-0.05, 0) is 25.3 Å². The molecule has 2 heterocycles. The molecule has 0 radical (unpaired) electrons. The Balaban J connectivity index is 2.22. The predicted octanol–water partition coefficient (Wildman–Crippen LogP) is 0.0735. The Morgan fingerprint density at radius 1 is 1.30 bits per heavy atom. The van der Waals surface area contributed by atoms with Crippen LogP contribution < -0.4 is 10.6 Å². The molecular formula is C14H19N3O3. The number of nitrogens with zero attached hydrogens (tertiary/aromatic N) is 1. The highest BCUT2D eigenvalue weighted by Gasteiger charge is 2.37. The molecule has 1 atom stereocenters. The number of carbonyl (C=O) groups is 3.